The summed E-state index contributed by atoms with van der Waals surface area (Å²) in [4.78, 5) is 58.2. The number of carbonyl (C=O) groups is 4. The Balaban J connectivity index is 1.39. The maximum atomic E-state index is 13.8. The number of aryl methyl sites for hydroxylation is 1. The number of hydrogen-bond acceptors (Lipinski definition) is 11. The summed E-state index contributed by atoms with van der Waals surface area (Å²) in [7, 11) is 0. The number of thiazole rings is 1. The highest BCUT2D eigenvalue weighted by atomic mass is 32.1. The summed E-state index contributed by atoms with van der Waals surface area (Å²) in [6.07, 6.45) is -1.27. The first-order valence-corrected chi connectivity index (χ1v) is 17.7. The number of nitrogens with zero attached hydrogens (tertiary/aromatic N) is 2. The molecule has 0 saturated carbocycles. The molecule has 3 atom stereocenters. The quantitative estimate of drug-likeness (QED) is 0.178. The molecule has 0 spiro atoms. The van der Waals surface area contributed by atoms with E-state index >= 15 is 0 Å². The number of likely N-dealkylation sites (tertiary alicyclic amines) is 1. The summed E-state index contributed by atoms with van der Waals surface area (Å²) in [5.74, 6) is -1.31. The van der Waals surface area contributed by atoms with Crippen LogP contribution in [0.3, 0.4) is 0 Å². The lowest BCUT2D eigenvalue weighted by molar-refractivity contribution is -0.144. The number of aliphatic hydroxyl groups excluding tert-OH is 1. The van der Waals surface area contributed by atoms with Gasteiger partial charge < -0.3 is 44.9 Å². The maximum Gasteiger partial charge on any atom is 0.407 e. The number of hydrogen-bond donors (Lipinski definition) is 4. The summed E-state index contributed by atoms with van der Waals surface area (Å²) in [6, 6.07) is 6.01. The van der Waals surface area contributed by atoms with Gasteiger partial charge in [-0.05, 0) is 44.2 Å². The van der Waals surface area contributed by atoms with Crippen LogP contribution in [0, 0.1) is 12.3 Å². The molecule has 278 valence electrons. The van der Waals surface area contributed by atoms with Crippen molar-refractivity contribution in [3.05, 3.63) is 41.0 Å². The van der Waals surface area contributed by atoms with Gasteiger partial charge in [0, 0.05) is 26.1 Å². The number of benzene rings is 1. The molecule has 2 aromatic rings. The zero-order chi connectivity index (χ0) is 36.9. The molecule has 0 unspecified atom stereocenters. The summed E-state index contributed by atoms with van der Waals surface area (Å²) in [5, 5.41) is 18.7. The minimum Gasteiger partial charge on any atom is -0.444 e. The van der Waals surface area contributed by atoms with Crippen LogP contribution in [0.15, 0.2) is 29.8 Å². The molecule has 1 aromatic carbocycles. The summed E-state index contributed by atoms with van der Waals surface area (Å²) in [5.41, 5.74) is 3.46. The number of ether oxygens (including phenoxy) is 4. The highest BCUT2D eigenvalue weighted by molar-refractivity contribution is 7.13. The van der Waals surface area contributed by atoms with Gasteiger partial charge in [-0.15, -0.1) is 11.3 Å². The second-order valence-corrected chi connectivity index (χ2v) is 15.0. The fraction of sp³-hybridized carbons (Fsp3) is 0.629. The van der Waals surface area contributed by atoms with E-state index in [0.29, 0.717) is 26.4 Å². The first kappa shape index (κ1) is 40.8. The third kappa shape index (κ3) is 13.6. The van der Waals surface area contributed by atoms with Gasteiger partial charge in [0.15, 0.2) is 0 Å². The van der Waals surface area contributed by atoms with E-state index in [1.165, 1.54) is 4.90 Å². The number of rotatable bonds is 17. The van der Waals surface area contributed by atoms with Gasteiger partial charge in [0.25, 0.3) is 0 Å². The van der Waals surface area contributed by atoms with E-state index in [1.54, 1.807) is 32.1 Å². The zero-order valence-electron chi connectivity index (χ0n) is 30.2. The predicted octanol–water partition coefficient (Wildman–Crippen LogP) is 2.80. The van der Waals surface area contributed by atoms with Gasteiger partial charge in [-0.3, -0.25) is 14.4 Å². The maximum absolute atomic E-state index is 13.8. The average molecular weight is 720 g/mol. The molecule has 1 aliphatic rings. The average Bonchev–Trinajstić information content (AvgIpc) is 3.65. The monoisotopic (exact) mass is 719 g/mol. The minimum atomic E-state index is -0.958. The Morgan fingerprint density at radius 2 is 1.60 bits per heavy atom. The molecule has 4 amide bonds. The first-order valence-electron chi connectivity index (χ1n) is 16.8. The topological polar surface area (TPSA) is 178 Å². The van der Waals surface area contributed by atoms with Gasteiger partial charge in [0.05, 0.1) is 55.2 Å². The van der Waals surface area contributed by atoms with Crippen LogP contribution in [0.4, 0.5) is 4.79 Å². The molecule has 15 heteroatoms. The van der Waals surface area contributed by atoms with Crippen molar-refractivity contribution in [1.29, 1.82) is 0 Å². The number of β-amino-alcohol motifs (C(OH)–C–C–N with tert-alkyl or cyclic N) is 1. The van der Waals surface area contributed by atoms with Crippen LogP contribution >= 0.6 is 11.3 Å². The number of alkyl carbamates (subject to hydrolysis) is 1. The smallest absolute Gasteiger partial charge is 0.407 e. The molecule has 0 aliphatic carbocycles. The second kappa shape index (κ2) is 19.1. The molecular formula is C35H53N5O9S. The number of nitrogens with one attached hydrogen (secondary N) is 3. The van der Waals surface area contributed by atoms with E-state index in [4.69, 9.17) is 18.9 Å². The number of aromatic nitrogens is 1. The summed E-state index contributed by atoms with van der Waals surface area (Å²) >= 11 is 1.57. The molecule has 50 heavy (non-hydrogen) atoms. The molecule has 3 rings (SSSR count). The van der Waals surface area contributed by atoms with Crippen LogP contribution < -0.4 is 16.0 Å². The van der Waals surface area contributed by atoms with Gasteiger partial charge in [-0.2, -0.15) is 0 Å². The van der Waals surface area contributed by atoms with Crippen molar-refractivity contribution >= 4 is 35.2 Å². The van der Waals surface area contributed by atoms with E-state index < -0.39 is 47.1 Å². The van der Waals surface area contributed by atoms with E-state index in [1.807, 2.05) is 57.5 Å². The predicted molar refractivity (Wildman–Crippen MR) is 188 cm³/mol. The van der Waals surface area contributed by atoms with Crippen molar-refractivity contribution in [3.8, 4) is 10.4 Å². The summed E-state index contributed by atoms with van der Waals surface area (Å²) in [6.45, 7) is 14.3. The standard InChI is InChI=1S/C35H53N5O9S/c1-23-29(50-22-38-23)25-10-8-24(9-11-25)19-37-31(43)27-18-26(41)20-40(27)32(44)30(34(2,3)4)39-28(42)21-48-17-16-47-15-14-46-13-12-36-33(45)49-35(5,6)7/h8-11,22,26-27,30,41H,12-21H2,1-7H3,(H,36,45)(H,37,43)(H,39,42)/t26-,27-,30-/m1/s1. The van der Waals surface area contributed by atoms with Crippen LogP contribution in [-0.2, 0) is 39.9 Å². The molecule has 14 nitrogen and oxygen atoms in total. The largest absolute Gasteiger partial charge is 0.444 e. The van der Waals surface area contributed by atoms with E-state index in [0.717, 1.165) is 21.7 Å². The highest BCUT2D eigenvalue weighted by Gasteiger charge is 2.44. The summed E-state index contributed by atoms with van der Waals surface area (Å²) < 4.78 is 21.4. The van der Waals surface area contributed by atoms with Crippen LogP contribution in [0.2, 0.25) is 0 Å². The minimum absolute atomic E-state index is 0.0138. The van der Waals surface area contributed by atoms with Crippen molar-refractivity contribution in [2.24, 2.45) is 5.41 Å². The van der Waals surface area contributed by atoms with Crippen molar-refractivity contribution in [3.63, 3.8) is 0 Å². The molecule has 1 fully saturated rings. The van der Waals surface area contributed by atoms with Crippen molar-refractivity contribution in [2.45, 2.75) is 85.2 Å². The van der Waals surface area contributed by atoms with Crippen LogP contribution in [0.1, 0.15) is 59.2 Å². The third-order valence-electron chi connectivity index (χ3n) is 7.60. The van der Waals surface area contributed by atoms with Crippen molar-refractivity contribution in [2.75, 3.05) is 52.7 Å². The number of amides is 4. The van der Waals surface area contributed by atoms with Crippen LogP contribution in [0.25, 0.3) is 10.4 Å². The highest BCUT2D eigenvalue weighted by Crippen LogP contribution is 2.28. The van der Waals surface area contributed by atoms with Crippen LogP contribution in [0.5, 0.6) is 0 Å². The van der Waals surface area contributed by atoms with Gasteiger partial charge in [-0.25, -0.2) is 9.78 Å². The zero-order valence-corrected chi connectivity index (χ0v) is 31.0. The van der Waals surface area contributed by atoms with Crippen molar-refractivity contribution < 1.29 is 43.2 Å². The lowest BCUT2D eigenvalue weighted by atomic mass is 9.85. The Bertz CT molecular complexity index is 1400. The Kier molecular flexibility index (Phi) is 15.6. The fourth-order valence-corrected chi connectivity index (χ4v) is 5.94. The van der Waals surface area contributed by atoms with Crippen LogP contribution in [-0.4, -0.2) is 115 Å². The van der Waals surface area contributed by atoms with E-state index in [-0.39, 0.29) is 45.2 Å². The van der Waals surface area contributed by atoms with E-state index in [2.05, 4.69) is 20.9 Å². The number of aliphatic hydroxyl groups is 1. The molecule has 0 radical (unpaired) electrons. The molecule has 1 aromatic heterocycles. The van der Waals surface area contributed by atoms with Gasteiger partial charge in [0.1, 0.15) is 24.3 Å². The fourth-order valence-electron chi connectivity index (χ4n) is 5.13. The first-order chi connectivity index (χ1) is 23.5. The normalized spacial score (nSPS) is 16.9. The van der Waals surface area contributed by atoms with E-state index in [9.17, 15) is 24.3 Å². The molecule has 2 heterocycles. The Morgan fingerprint density at radius 3 is 2.20 bits per heavy atom. The van der Waals surface area contributed by atoms with Gasteiger partial charge in [-0.1, -0.05) is 45.0 Å². The number of carbonyl (C=O) groups excluding carboxylic acids is 4. The Hall–Kier alpha value is -3.63. The molecular weight excluding hydrogens is 666 g/mol. The molecule has 1 aliphatic heterocycles. The SMILES string of the molecule is Cc1ncsc1-c1ccc(CNC(=O)[C@H]2C[C@@H](O)CN2C(=O)[C@@H](NC(=O)COCCOCCOCCNC(=O)OC(C)(C)C)C(C)(C)C)cc1. The van der Waals surface area contributed by atoms with Gasteiger partial charge >= 0.3 is 6.09 Å². The lowest BCUT2D eigenvalue weighted by Crippen LogP contribution is -2.58. The second-order valence-electron chi connectivity index (χ2n) is 14.2. The lowest BCUT2D eigenvalue weighted by Gasteiger charge is -2.35. The molecule has 0 bridgehead atoms. The van der Waals surface area contributed by atoms with Gasteiger partial charge in [0.2, 0.25) is 17.7 Å². The Morgan fingerprint density at radius 1 is 0.960 bits per heavy atom. The van der Waals surface area contributed by atoms with Crippen molar-refractivity contribution in [1.82, 2.24) is 25.8 Å². The Labute approximate surface area is 298 Å². The molecule has 1 saturated heterocycles. The third-order valence-corrected chi connectivity index (χ3v) is 8.58. The molecule has 4 N–H and O–H groups in total.